The molecule has 140 valence electrons. The van der Waals surface area contributed by atoms with Gasteiger partial charge in [0.05, 0.1) is 12.2 Å². The summed E-state index contributed by atoms with van der Waals surface area (Å²) in [5, 5.41) is 0. The van der Waals surface area contributed by atoms with Crippen LogP contribution in [0.15, 0.2) is 0 Å². The lowest BCUT2D eigenvalue weighted by molar-refractivity contribution is -0.150. The van der Waals surface area contributed by atoms with Crippen LogP contribution in [0.25, 0.3) is 0 Å². The third kappa shape index (κ3) is 32.6. The summed E-state index contributed by atoms with van der Waals surface area (Å²) in [6, 6.07) is 0. The topological polar surface area (TPSA) is 96.0 Å². The normalized spacial score (nSPS) is 9.21. The van der Waals surface area contributed by atoms with Gasteiger partial charge in [0.2, 0.25) is 0 Å². The van der Waals surface area contributed by atoms with E-state index in [2.05, 4.69) is 3.79 Å². The minimum atomic E-state index is -0.442. The summed E-state index contributed by atoms with van der Waals surface area (Å²) in [6.07, 6.45) is -0.491. The molecular formula is C16H31AlO7. The number of esters is 2. The number of hydrogen-bond donors (Lipinski definition) is 0. The lowest BCUT2D eigenvalue weighted by atomic mass is 10.3. The second kappa shape index (κ2) is 18.1. The van der Waals surface area contributed by atoms with E-state index in [1.165, 1.54) is 13.8 Å². The van der Waals surface area contributed by atoms with Crippen LogP contribution in [0.2, 0.25) is 0 Å². The average Bonchev–Trinajstić information content (AvgIpc) is 2.35. The quantitative estimate of drug-likeness (QED) is 0.384. The number of carbonyl (C=O) groups excluding carboxylic acids is 4. The standard InChI is InChI=1S/2C7H12O3.C2H5O.Al.2H/c2*1-5(2)10-7(9)4-6(3)8;1-2-3;;;/h2*5H,4H2,1-3H3;2H2,1H3;;;/q;;-1;+1;;. The molecule has 0 amide bonds. The second-order valence-corrected chi connectivity index (χ2v) is 5.99. The van der Waals surface area contributed by atoms with Crippen molar-refractivity contribution in [3.05, 3.63) is 0 Å². The molecule has 24 heavy (non-hydrogen) atoms. The first-order valence-corrected chi connectivity index (χ1v) is 8.64. The molecule has 0 aliphatic rings. The third-order valence-corrected chi connectivity index (χ3v) is 2.39. The van der Waals surface area contributed by atoms with E-state index in [0.717, 1.165) is 23.2 Å². The van der Waals surface area contributed by atoms with E-state index in [1.54, 1.807) is 27.7 Å². The maximum absolute atomic E-state index is 10.6. The molecule has 0 aliphatic carbocycles. The van der Waals surface area contributed by atoms with Crippen molar-refractivity contribution in [2.75, 3.05) is 6.61 Å². The Morgan fingerprint density at radius 1 is 0.792 bits per heavy atom. The smallest absolute Gasteiger partial charge is 0.410 e. The van der Waals surface area contributed by atoms with Gasteiger partial charge in [0, 0.05) is 6.61 Å². The molecule has 0 unspecified atom stereocenters. The lowest BCUT2D eigenvalue weighted by Gasteiger charge is -2.05. The van der Waals surface area contributed by atoms with Crippen molar-refractivity contribution in [1.82, 2.24) is 0 Å². The predicted molar refractivity (Wildman–Crippen MR) is 93.2 cm³/mol. The Hall–Kier alpha value is -1.23. The molecule has 0 fully saturated rings. The van der Waals surface area contributed by atoms with E-state index in [-0.39, 0.29) is 36.6 Å². The van der Waals surface area contributed by atoms with E-state index in [4.69, 9.17) is 9.47 Å². The fourth-order valence-electron chi connectivity index (χ4n) is 1.02. The Labute approximate surface area is 153 Å². The number of Topliss-reactive ketones (excluding diaryl/α,β-unsaturated/α-hetero) is 2. The van der Waals surface area contributed by atoms with Gasteiger partial charge >= 0.3 is 28.6 Å². The highest BCUT2D eigenvalue weighted by atomic mass is 27.1. The summed E-state index contributed by atoms with van der Waals surface area (Å²) >= 11 is 0.890. The number of ether oxygens (including phenoxy) is 2. The Balaban J connectivity index is -0.000000301. The van der Waals surface area contributed by atoms with Gasteiger partial charge in [0.25, 0.3) is 0 Å². The lowest BCUT2D eigenvalue weighted by Crippen LogP contribution is -2.13. The minimum absolute atomic E-state index is 0.113. The van der Waals surface area contributed by atoms with Crippen molar-refractivity contribution >= 4 is 40.1 Å². The van der Waals surface area contributed by atoms with Gasteiger partial charge in [0.15, 0.2) is 0 Å². The van der Waals surface area contributed by atoms with Crippen LogP contribution in [-0.4, -0.2) is 58.9 Å². The van der Waals surface area contributed by atoms with Crippen molar-refractivity contribution in [3.63, 3.8) is 0 Å². The van der Waals surface area contributed by atoms with Gasteiger partial charge in [-0.05, 0) is 48.5 Å². The number of carbonyl (C=O) groups is 4. The summed E-state index contributed by atoms with van der Waals surface area (Å²) in [7, 11) is 0. The first-order chi connectivity index (χ1) is 11.0. The van der Waals surface area contributed by atoms with Crippen LogP contribution in [0, 0.1) is 0 Å². The van der Waals surface area contributed by atoms with Crippen molar-refractivity contribution in [2.45, 2.75) is 73.5 Å². The van der Waals surface area contributed by atoms with Crippen molar-refractivity contribution < 1.29 is 32.4 Å². The Morgan fingerprint density at radius 3 is 1.17 bits per heavy atom. The van der Waals surface area contributed by atoms with Crippen LogP contribution in [0.4, 0.5) is 0 Å². The molecule has 7 nitrogen and oxygen atoms in total. The molecule has 0 N–H and O–H groups in total. The molecule has 0 saturated heterocycles. The molecule has 0 saturated carbocycles. The molecule has 0 spiro atoms. The first-order valence-electron chi connectivity index (χ1n) is 7.82. The Bertz CT molecular complexity index is 343. The van der Waals surface area contributed by atoms with Crippen molar-refractivity contribution in [3.8, 4) is 0 Å². The van der Waals surface area contributed by atoms with Crippen LogP contribution >= 0.6 is 0 Å². The molecule has 0 rings (SSSR count). The monoisotopic (exact) mass is 362 g/mol. The zero-order valence-electron chi connectivity index (χ0n) is 16.1. The van der Waals surface area contributed by atoms with Gasteiger partial charge in [-0.2, -0.15) is 0 Å². The second-order valence-electron chi connectivity index (χ2n) is 5.41. The van der Waals surface area contributed by atoms with Gasteiger partial charge in [-0.15, -0.1) is 0 Å². The fraction of sp³-hybridized carbons (Fsp3) is 0.750. The molecule has 0 atom stereocenters. The van der Waals surface area contributed by atoms with Gasteiger partial charge in [-0.1, -0.05) is 0 Å². The van der Waals surface area contributed by atoms with Crippen LogP contribution < -0.4 is 0 Å². The fourth-order valence-corrected chi connectivity index (χ4v) is 1.02. The van der Waals surface area contributed by atoms with E-state index in [9.17, 15) is 19.2 Å². The summed E-state index contributed by atoms with van der Waals surface area (Å²) in [5.41, 5.74) is 0. The third-order valence-electron chi connectivity index (χ3n) is 1.81. The van der Waals surface area contributed by atoms with E-state index in [0.29, 0.717) is 0 Å². The summed E-state index contributed by atoms with van der Waals surface area (Å²) < 4.78 is 14.1. The molecular weight excluding hydrogens is 331 g/mol. The summed E-state index contributed by atoms with van der Waals surface area (Å²) in [5.74, 6) is -1.21. The van der Waals surface area contributed by atoms with Crippen LogP contribution in [-0.2, 0) is 32.4 Å². The number of hydrogen-bond acceptors (Lipinski definition) is 7. The Morgan fingerprint density at radius 2 is 1.04 bits per heavy atom. The molecule has 0 radical (unpaired) electrons. The average molecular weight is 362 g/mol. The maximum atomic E-state index is 10.6. The highest BCUT2D eigenvalue weighted by Gasteiger charge is 2.07. The highest BCUT2D eigenvalue weighted by molar-refractivity contribution is 5.97. The van der Waals surface area contributed by atoms with Gasteiger partial charge < -0.3 is 13.3 Å². The van der Waals surface area contributed by atoms with Crippen LogP contribution in [0.5, 0.6) is 0 Å². The number of ketones is 2. The SMILES string of the molecule is CC(=O)CC(=O)OC(C)C.CC(=O)CC(=O)OC(C)C.CC[O][AlH2]. The van der Waals surface area contributed by atoms with E-state index < -0.39 is 11.9 Å². The number of rotatable bonds is 7. The van der Waals surface area contributed by atoms with Gasteiger partial charge in [0.1, 0.15) is 24.4 Å². The molecule has 0 bridgehead atoms. The molecule has 0 aromatic carbocycles. The minimum Gasteiger partial charge on any atom is -0.506 e. The van der Waals surface area contributed by atoms with Crippen LogP contribution in [0.3, 0.4) is 0 Å². The highest BCUT2D eigenvalue weighted by Crippen LogP contribution is 1.93. The van der Waals surface area contributed by atoms with Gasteiger partial charge in [-0.3, -0.25) is 19.2 Å². The summed E-state index contributed by atoms with van der Waals surface area (Å²) in [6.45, 7) is 12.6. The molecule has 8 heteroatoms. The zero-order valence-corrected chi connectivity index (χ0v) is 18.1. The zero-order chi connectivity index (χ0) is 19.7. The van der Waals surface area contributed by atoms with Crippen molar-refractivity contribution in [1.29, 1.82) is 0 Å². The molecule has 0 heterocycles. The first kappa shape index (κ1) is 27.6. The molecule has 0 aliphatic heterocycles. The summed E-state index contributed by atoms with van der Waals surface area (Å²) in [4.78, 5) is 41.9. The van der Waals surface area contributed by atoms with E-state index in [1.807, 2.05) is 6.92 Å². The van der Waals surface area contributed by atoms with Gasteiger partial charge in [-0.25, -0.2) is 0 Å². The Kier molecular flexibility index (Phi) is 20.8. The largest absolute Gasteiger partial charge is 0.506 e. The van der Waals surface area contributed by atoms with Crippen LogP contribution in [0.1, 0.15) is 61.3 Å². The predicted octanol–water partition coefficient (Wildman–Crippen LogP) is 1.41. The van der Waals surface area contributed by atoms with Crippen molar-refractivity contribution in [2.24, 2.45) is 0 Å². The van der Waals surface area contributed by atoms with E-state index >= 15 is 0 Å². The maximum Gasteiger partial charge on any atom is 0.410 e. The molecule has 0 aromatic rings. The molecule has 0 aromatic heterocycles.